The molecule has 1 aromatic carbocycles. The topological polar surface area (TPSA) is 80.0 Å². The number of aryl methyl sites for hydroxylation is 3. The zero-order valence-electron chi connectivity index (χ0n) is 16.7. The molecule has 0 fully saturated rings. The van der Waals surface area contributed by atoms with Gasteiger partial charge in [-0.2, -0.15) is 0 Å². The summed E-state index contributed by atoms with van der Waals surface area (Å²) >= 11 is 1.54. The van der Waals surface area contributed by atoms with Crippen molar-refractivity contribution in [3.05, 3.63) is 61.2 Å². The van der Waals surface area contributed by atoms with E-state index in [0.29, 0.717) is 15.9 Å². The number of fused-ring (bicyclic) bond motifs is 4. The van der Waals surface area contributed by atoms with E-state index in [2.05, 4.69) is 4.98 Å². The molecule has 0 unspecified atom stereocenters. The van der Waals surface area contributed by atoms with Crippen molar-refractivity contribution >= 4 is 32.5 Å². The Balaban J connectivity index is 1.81. The molecule has 1 aliphatic rings. The molecule has 0 bridgehead atoms. The molecule has 2 N–H and O–H groups in total. The molecule has 3 heterocycles. The highest BCUT2D eigenvalue weighted by Gasteiger charge is 2.24. The molecule has 0 saturated heterocycles. The van der Waals surface area contributed by atoms with E-state index in [-0.39, 0.29) is 5.56 Å². The second-order valence-electron chi connectivity index (χ2n) is 8.40. The summed E-state index contributed by atoms with van der Waals surface area (Å²) in [6.45, 7) is 3.47. The van der Waals surface area contributed by atoms with Gasteiger partial charge in [-0.15, -0.1) is 11.3 Å². The third-order valence-electron chi connectivity index (χ3n) is 5.90. The van der Waals surface area contributed by atoms with Crippen LogP contribution in [-0.4, -0.2) is 19.2 Å². The van der Waals surface area contributed by atoms with Crippen LogP contribution in [0.1, 0.15) is 42.7 Å². The van der Waals surface area contributed by atoms with E-state index in [9.17, 15) is 14.7 Å². The number of H-pyrrole nitrogens is 1. The molecular formula is C22H23N3O3S. The highest BCUT2D eigenvalue weighted by molar-refractivity contribution is 7.18. The summed E-state index contributed by atoms with van der Waals surface area (Å²) in [6.07, 6.45) is 5.95. The Morgan fingerprint density at radius 1 is 1.17 bits per heavy atom. The minimum atomic E-state index is -1.04. The maximum absolute atomic E-state index is 13.4. The van der Waals surface area contributed by atoms with Gasteiger partial charge in [0.1, 0.15) is 4.83 Å². The largest absolute Gasteiger partial charge is 0.386 e. The number of hydrogen-bond acceptors (Lipinski definition) is 4. The summed E-state index contributed by atoms with van der Waals surface area (Å²) < 4.78 is 3.17. The number of aromatic amines is 1. The summed E-state index contributed by atoms with van der Waals surface area (Å²) in [5.41, 5.74) is 1.58. The minimum Gasteiger partial charge on any atom is -0.386 e. The number of hydrogen-bond donors (Lipinski definition) is 2. The van der Waals surface area contributed by atoms with Crippen LogP contribution in [0.25, 0.3) is 26.8 Å². The molecule has 5 rings (SSSR count). The van der Waals surface area contributed by atoms with E-state index < -0.39 is 11.3 Å². The van der Waals surface area contributed by atoms with Crippen LogP contribution in [0.4, 0.5) is 0 Å². The predicted molar refractivity (Wildman–Crippen MR) is 116 cm³/mol. The van der Waals surface area contributed by atoms with Gasteiger partial charge < -0.3 is 9.67 Å². The van der Waals surface area contributed by atoms with Gasteiger partial charge in [-0.25, -0.2) is 9.36 Å². The average Bonchev–Trinajstić information content (AvgIpc) is 3.19. The minimum absolute atomic E-state index is 0.261. The normalized spacial score (nSPS) is 14.6. The van der Waals surface area contributed by atoms with Gasteiger partial charge in [-0.05, 0) is 63.3 Å². The lowest BCUT2D eigenvalue weighted by atomic mass is 9.97. The zero-order chi connectivity index (χ0) is 20.5. The van der Waals surface area contributed by atoms with Crippen LogP contribution in [0.5, 0.6) is 0 Å². The maximum atomic E-state index is 13.4. The average molecular weight is 410 g/mol. The first kappa shape index (κ1) is 18.4. The molecule has 4 aromatic rings. The maximum Gasteiger partial charge on any atom is 0.334 e. The Morgan fingerprint density at radius 3 is 2.69 bits per heavy atom. The molecule has 0 radical (unpaired) electrons. The molecule has 3 aromatic heterocycles. The molecular weight excluding hydrogens is 386 g/mol. The van der Waals surface area contributed by atoms with E-state index in [1.807, 2.05) is 29.9 Å². The Labute approximate surface area is 171 Å². The highest BCUT2D eigenvalue weighted by Crippen LogP contribution is 2.34. The van der Waals surface area contributed by atoms with Crippen LogP contribution in [0, 0.1) is 0 Å². The summed E-state index contributed by atoms with van der Waals surface area (Å²) in [7, 11) is 1.92. The van der Waals surface area contributed by atoms with Gasteiger partial charge >= 0.3 is 5.69 Å². The van der Waals surface area contributed by atoms with E-state index in [4.69, 9.17) is 0 Å². The van der Waals surface area contributed by atoms with Crippen LogP contribution in [-0.2, 0) is 25.5 Å². The van der Waals surface area contributed by atoms with E-state index in [0.717, 1.165) is 47.7 Å². The summed E-state index contributed by atoms with van der Waals surface area (Å²) in [5, 5.41) is 12.1. The number of aliphatic hydroxyl groups is 1. The van der Waals surface area contributed by atoms with Gasteiger partial charge in [0.25, 0.3) is 5.56 Å². The van der Waals surface area contributed by atoms with Crippen LogP contribution in [0.3, 0.4) is 0 Å². The highest BCUT2D eigenvalue weighted by atomic mass is 32.1. The second kappa shape index (κ2) is 6.18. The molecule has 0 spiro atoms. The molecule has 7 heteroatoms. The Bertz CT molecular complexity index is 1400. The molecule has 1 aliphatic carbocycles. The quantitative estimate of drug-likeness (QED) is 0.533. The van der Waals surface area contributed by atoms with Crippen molar-refractivity contribution < 1.29 is 5.11 Å². The van der Waals surface area contributed by atoms with Crippen LogP contribution in [0.15, 0.2) is 34.0 Å². The molecule has 0 saturated carbocycles. The van der Waals surface area contributed by atoms with E-state index in [1.165, 1.54) is 20.8 Å². The fourth-order valence-electron chi connectivity index (χ4n) is 4.48. The van der Waals surface area contributed by atoms with Gasteiger partial charge in [-0.1, -0.05) is 0 Å². The lowest BCUT2D eigenvalue weighted by Crippen LogP contribution is -2.33. The van der Waals surface area contributed by atoms with Crippen LogP contribution in [0.2, 0.25) is 0 Å². The van der Waals surface area contributed by atoms with Gasteiger partial charge in [-0.3, -0.25) is 9.78 Å². The predicted octanol–water partition coefficient (Wildman–Crippen LogP) is 3.34. The van der Waals surface area contributed by atoms with E-state index >= 15 is 0 Å². The fourth-order valence-corrected chi connectivity index (χ4v) is 5.75. The number of aromatic nitrogens is 3. The summed E-state index contributed by atoms with van der Waals surface area (Å²) in [6, 6.07) is 5.50. The molecule has 0 amide bonds. The molecule has 0 aliphatic heterocycles. The Morgan fingerprint density at radius 2 is 1.93 bits per heavy atom. The van der Waals surface area contributed by atoms with Gasteiger partial charge in [0.2, 0.25) is 0 Å². The Hall–Kier alpha value is -2.64. The van der Waals surface area contributed by atoms with Gasteiger partial charge in [0.15, 0.2) is 0 Å². The van der Waals surface area contributed by atoms with E-state index in [1.54, 1.807) is 19.9 Å². The summed E-state index contributed by atoms with van der Waals surface area (Å²) in [5.74, 6) is 0. The number of thiophene rings is 1. The standard InChI is InChI=1S/C22H23N3O3S/c1-22(2,28)15-11-24(3)16-9-8-12(10-14(15)16)25-20(26)18-13-6-4-5-7-17(13)29-19(18)23-21(25)27/h8-11,28H,4-7H2,1-3H3,(H,23,27). The van der Waals surface area contributed by atoms with Gasteiger partial charge in [0.05, 0.1) is 16.7 Å². The molecule has 0 atom stereocenters. The van der Waals surface area contributed by atoms with Crippen LogP contribution >= 0.6 is 11.3 Å². The third-order valence-corrected chi connectivity index (χ3v) is 7.11. The Kier molecular flexibility index (Phi) is 3.92. The first-order valence-electron chi connectivity index (χ1n) is 9.87. The molecule has 29 heavy (non-hydrogen) atoms. The lowest BCUT2D eigenvalue weighted by molar-refractivity contribution is 0.0800. The summed E-state index contributed by atoms with van der Waals surface area (Å²) in [4.78, 5) is 31.1. The van der Waals surface area contributed by atoms with Crippen molar-refractivity contribution in [1.29, 1.82) is 0 Å². The monoisotopic (exact) mass is 409 g/mol. The molecule has 6 nitrogen and oxygen atoms in total. The lowest BCUT2D eigenvalue weighted by Gasteiger charge is -2.16. The van der Waals surface area contributed by atoms with Crippen molar-refractivity contribution in [2.24, 2.45) is 7.05 Å². The van der Waals surface area contributed by atoms with Crippen molar-refractivity contribution in [2.75, 3.05) is 0 Å². The SMILES string of the molecule is Cn1cc(C(C)(C)O)c2cc(-n3c(=O)[nH]c4sc5c(c4c3=O)CCCC5)ccc21. The number of nitrogens with zero attached hydrogens (tertiary/aromatic N) is 2. The first-order chi connectivity index (χ1) is 13.8. The third kappa shape index (κ3) is 2.72. The van der Waals surface area contributed by atoms with Crippen molar-refractivity contribution in [3.63, 3.8) is 0 Å². The van der Waals surface area contributed by atoms with Crippen LogP contribution < -0.4 is 11.2 Å². The van der Waals surface area contributed by atoms with Gasteiger partial charge in [0, 0.05) is 34.6 Å². The van der Waals surface area contributed by atoms with Crippen molar-refractivity contribution in [3.8, 4) is 5.69 Å². The number of benzene rings is 1. The first-order valence-corrected chi connectivity index (χ1v) is 10.7. The zero-order valence-corrected chi connectivity index (χ0v) is 17.5. The van der Waals surface area contributed by atoms with Crippen molar-refractivity contribution in [2.45, 2.75) is 45.1 Å². The number of rotatable bonds is 2. The molecule has 150 valence electrons. The fraction of sp³-hybridized carbons (Fsp3) is 0.364. The smallest absolute Gasteiger partial charge is 0.334 e. The second-order valence-corrected chi connectivity index (χ2v) is 9.51. The number of nitrogens with one attached hydrogen (secondary N) is 1. The van der Waals surface area contributed by atoms with Crippen molar-refractivity contribution in [1.82, 2.24) is 14.1 Å².